The van der Waals surface area contributed by atoms with Gasteiger partial charge in [0.25, 0.3) is 5.91 Å². The van der Waals surface area contributed by atoms with Gasteiger partial charge in [0.1, 0.15) is 11.6 Å². The molecule has 4 nitrogen and oxygen atoms in total. The summed E-state index contributed by atoms with van der Waals surface area (Å²) in [6.07, 6.45) is 1.06. The summed E-state index contributed by atoms with van der Waals surface area (Å²) in [5.74, 6) is -2.11. The molecule has 0 bridgehead atoms. The van der Waals surface area contributed by atoms with E-state index in [9.17, 15) is 18.4 Å². The molecule has 0 atom stereocenters. The number of halogens is 2. The lowest BCUT2D eigenvalue weighted by atomic mass is 10.2. The van der Waals surface area contributed by atoms with Crippen LogP contribution in [0, 0.1) is 11.6 Å². The van der Waals surface area contributed by atoms with Crippen LogP contribution in [0.15, 0.2) is 18.2 Å². The topological polar surface area (TPSA) is 58.2 Å². The quantitative estimate of drug-likeness (QED) is 0.573. The number of nitrogens with one attached hydrogen (secondary N) is 2. The summed E-state index contributed by atoms with van der Waals surface area (Å²) < 4.78 is 26.0. The normalized spacial score (nSPS) is 9.76. The Kier molecular flexibility index (Phi) is 5.06. The van der Waals surface area contributed by atoms with Crippen LogP contribution in [-0.4, -0.2) is 25.4 Å². The number of hydrogen-bond acceptors (Lipinski definition) is 2. The highest BCUT2D eigenvalue weighted by atomic mass is 19.1. The zero-order valence-corrected chi connectivity index (χ0v) is 9.00. The predicted molar refractivity (Wildman–Crippen MR) is 57.4 cm³/mol. The highest BCUT2D eigenvalue weighted by Crippen LogP contribution is 2.09. The van der Waals surface area contributed by atoms with E-state index < -0.39 is 17.5 Å². The second-order valence-electron chi connectivity index (χ2n) is 3.31. The zero-order chi connectivity index (χ0) is 12.7. The van der Waals surface area contributed by atoms with E-state index in [1.807, 2.05) is 0 Å². The van der Waals surface area contributed by atoms with Crippen molar-refractivity contribution >= 4 is 12.3 Å². The minimum atomic E-state index is -0.769. The minimum absolute atomic E-state index is 0.273. The zero-order valence-electron chi connectivity index (χ0n) is 9.00. The van der Waals surface area contributed by atoms with Crippen LogP contribution in [-0.2, 0) is 4.79 Å². The third kappa shape index (κ3) is 4.18. The first-order valence-corrected chi connectivity index (χ1v) is 5.05. The Hall–Kier alpha value is -1.98. The summed E-state index contributed by atoms with van der Waals surface area (Å²) in [4.78, 5) is 21.4. The SMILES string of the molecule is O=CNCCCNC(=O)c1cc(F)ccc1F. The number of carbonyl (C=O) groups excluding carboxylic acids is 2. The maximum atomic E-state index is 13.2. The monoisotopic (exact) mass is 242 g/mol. The number of amides is 2. The van der Waals surface area contributed by atoms with Gasteiger partial charge in [0, 0.05) is 13.1 Å². The average Bonchev–Trinajstić information content (AvgIpc) is 2.32. The predicted octanol–water partition coefficient (Wildman–Crippen LogP) is 0.831. The Labute approximate surface area is 97.0 Å². The van der Waals surface area contributed by atoms with Gasteiger partial charge in [0.05, 0.1) is 5.56 Å². The molecule has 0 aromatic heterocycles. The maximum Gasteiger partial charge on any atom is 0.254 e. The Balaban J connectivity index is 2.46. The third-order valence-electron chi connectivity index (χ3n) is 2.04. The van der Waals surface area contributed by atoms with Crippen LogP contribution in [0.5, 0.6) is 0 Å². The smallest absolute Gasteiger partial charge is 0.254 e. The number of carbonyl (C=O) groups is 2. The molecule has 0 aliphatic carbocycles. The highest BCUT2D eigenvalue weighted by Gasteiger charge is 2.11. The van der Waals surface area contributed by atoms with Crippen LogP contribution in [0.3, 0.4) is 0 Å². The van der Waals surface area contributed by atoms with Gasteiger partial charge < -0.3 is 10.6 Å². The van der Waals surface area contributed by atoms with Crippen LogP contribution in [0.4, 0.5) is 8.78 Å². The van der Waals surface area contributed by atoms with Gasteiger partial charge in [0.2, 0.25) is 6.41 Å². The second kappa shape index (κ2) is 6.57. The van der Waals surface area contributed by atoms with Gasteiger partial charge in [-0.25, -0.2) is 8.78 Å². The summed E-state index contributed by atoms with van der Waals surface area (Å²) in [5.41, 5.74) is -0.326. The lowest BCUT2D eigenvalue weighted by Gasteiger charge is -2.05. The van der Waals surface area contributed by atoms with E-state index in [-0.39, 0.29) is 12.1 Å². The molecule has 0 fully saturated rings. The molecule has 17 heavy (non-hydrogen) atoms. The third-order valence-corrected chi connectivity index (χ3v) is 2.04. The fraction of sp³-hybridized carbons (Fsp3) is 0.273. The van der Waals surface area contributed by atoms with E-state index in [1.165, 1.54) is 0 Å². The van der Waals surface area contributed by atoms with Crippen molar-refractivity contribution in [1.82, 2.24) is 10.6 Å². The summed E-state index contributed by atoms with van der Waals surface area (Å²) in [7, 11) is 0. The maximum absolute atomic E-state index is 13.2. The van der Waals surface area contributed by atoms with Gasteiger partial charge in [-0.05, 0) is 24.6 Å². The molecule has 92 valence electrons. The molecule has 0 saturated heterocycles. The first kappa shape index (κ1) is 13.1. The van der Waals surface area contributed by atoms with E-state index >= 15 is 0 Å². The first-order chi connectivity index (χ1) is 8.15. The highest BCUT2D eigenvalue weighted by molar-refractivity contribution is 5.94. The summed E-state index contributed by atoms with van der Waals surface area (Å²) in [5, 5.41) is 4.84. The molecule has 1 aromatic carbocycles. The summed E-state index contributed by atoms with van der Waals surface area (Å²) >= 11 is 0. The molecule has 1 rings (SSSR count). The van der Waals surface area contributed by atoms with Crippen molar-refractivity contribution in [3.63, 3.8) is 0 Å². The Bertz CT molecular complexity index is 410. The number of rotatable bonds is 6. The van der Waals surface area contributed by atoms with Gasteiger partial charge in [0.15, 0.2) is 0 Å². The number of hydrogen-bond donors (Lipinski definition) is 2. The van der Waals surface area contributed by atoms with E-state index in [4.69, 9.17) is 0 Å². The van der Waals surface area contributed by atoms with Gasteiger partial charge in [-0.3, -0.25) is 9.59 Å². The van der Waals surface area contributed by atoms with Crippen LogP contribution in [0.25, 0.3) is 0 Å². The molecule has 0 saturated carbocycles. The lowest BCUT2D eigenvalue weighted by molar-refractivity contribution is -0.109. The fourth-order valence-electron chi connectivity index (χ4n) is 1.22. The molecule has 2 amide bonds. The van der Waals surface area contributed by atoms with Crippen molar-refractivity contribution in [1.29, 1.82) is 0 Å². The molecule has 0 spiro atoms. The van der Waals surface area contributed by atoms with Crippen LogP contribution in [0.2, 0.25) is 0 Å². The van der Waals surface area contributed by atoms with E-state index in [0.29, 0.717) is 19.4 Å². The minimum Gasteiger partial charge on any atom is -0.359 e. The molecular weight excluding hydrogens is 230 g/mol. The van der Waals surface area contributed by atoms with Crippen molar-refractivity contribution in [3.05, 3.63) is 35.4 Å². The van der Waals surface area contributed by atoms with Gasteiger partial charge in [-0.2, -0.15) is 0 Å². The Morgan fingerprint density at radius 3 is 2.76 bits per heavy atom. The van der Waals surface area contributed by atoms with Crippen molar-refractivity contribution in [2.45, 2.75) is 6.42 Å². The molecule has 0 aliphatic rings. The summed E-state index contributed by atoms with van der Waals surface area (Å²) in [6.45, 7) is 0.686. The molecule has 1 aromatic rings. The second-order valence-corrected chi connectivity index (χ2v) is 3.31. The van der Waals surface area contributed by atoms with Crippen LogP contribution >= 0.6 is 0 Å². The van der Waals surface area contributed by atoms with Crippen molar-refractivity contribution in [3.8, 4) is 0 Å². The largest absolute Gasteiger partial charge is 0.359 e. The van der Waals surface area contributed by atoms with Crippen LogP contribution in [0.1, 0.15) is 16.8 Å². The average molecular weight is 242 g/mol. The van der Waals surface area contributed by atoms with Gasteiger partial charge in [-0.1, -0.05) is 0 Å². The molecule has 0 radical (unpaired) electrons. The first-order valence-electron chi connectivity index (χ1n) is 5.05. The van der Waals surface area contributed by atoms with E-state index in [2.05, 4.69) is 10.6 Å². The summed E-state index contributed by atoms with van der Waals surface area (Å²) in [6, 6.07) is 2.69. The van der Waals surface area contributed by atoms with Crippen LogP contribution < -0.4 is 10.6 Å². The van der Waals surface area contributed by atoms with E-state index in [0.717, 1.165) is 18.2 Å². The van der Waals surface area contributed by atoms with Crippen molar-refractivity contribution in [2.75, 3.05) is 13.1 Å². The van der Waals surface area contributed by atoms with Gasteiger partial charge in [-0.15, -0.1) is 0 Å². The fourth-order valence-corrected chi connectivity index (χ4v) is 1.22. The van der Waals surface area contributed by atoms with Crippen molar-refractivity contribution < 1.29 is 18.4 Å². The molecule has 0 aliphatic heterocycles. The molecule has 2 N–H and O–H groups in total. The Morgan fingerprint density at radius 1 is 1.29 bits per heavy atom. The standard InChI is InChI=1S/C11H12F2N2O2/c12-8-2-3-10(13)9(6-8)11(17)15-5-1-4-14-7-16/h2-3,6-7H,1,4-5H2,(H,14,16)(H,15,17). The molecule has 6 heteroatoms. The number of benzene rings is 1. The molecular formula is C11H12F2N2O2. The van der Waals surface area contributed by atoms with Gasteiger partial charge >= 0.3 is 0 Å². The molecule has 0 unspecified atom stereocenters. The van der Waals surface area contributed by atoms with Crippen molar-refractivity contribution in [2.24, 2.45) is 0 Å². The van der Waals surface area contributed by atoms with E-state index in [1.54, 1.807) is 0 Å². The molecule has 0 heterocycles. The lowest BCUT2D eigenvalue weighted by Crippen LogP contribution is -2.27. The Morgan fingerprint density at radius 2 is 2.06 bits per heavy atom.